The Kier molecular flexibility index (Phi) is 7.96. The molecule has 0 nitrogen and oxygen atoms in total. The van der Waals surface area contributed by atoms with Gasteiger partial charge in [0.25, 0.3) is 0 Å². The first-order valence-electron chi connectivity index (χ1n) is 11.3. The van der Waals surface area contributed by atoms with Gasteiger partial charge in [0.05, 0.1) is 0 Å². The molecule has 4 aromatic carbocycles. The summed E-state index contributed by atoms with van der Waals surface area (Å²) in [6.07, 6.45) is 5.06. The monoisotopic (exact) mass is 728 g/mol. The zero-order valence-electron chi connectivity index (χ0n) is 18.8. The van der Waals surface area contributed by atoms with E-state index in [1.54, 1.807) is 6.56 Å². The van der Waals surface area contributed by atoms with Crippen molar-refractivity contribution in [3.8, 4) is 0 Å². The molecule has 0 N–H and O–H groups in total. The van der Waals surface area contributed by atoms with Crippen molar-refractivity contribution in [2.45, 2.75) is 21.6 Å². The summed E-state index contributed by atoms with van der Waals surface area (Å²) in [6.45, 7) is 0. The topological polar surface area (TPSA) is 0 Å². The first kappa shape index (κ1) is 26.7. The van der Waals surface area contributed by atoms with Gasteiger partial charge >= 0.3 is 234 Å². The molecular weight excluding hydrogens is 714 g/mol. The van der Waals surface area contributed by atoms with Crippen LogP contribution in [0.2, 0.25) is 0 Å². The van der Waals surface area contributed by atoms with Gasteiger partial charge in [-0.15, -0.1) is 0 Å². The quantitative estimate of drug-likeness (QED) is 0.312. The van der Waals surface area contributed by atoms with E-state index in [2.05, 4.69) is 129 Å². The average molecular weight is 732 g/mol. The third-order valence-corrected chi connectivity index (χ3v) is 12.5. The van der Waals surface area contributed by atoms with E-state index in [0.29, 0.717) is 11.8 Å². The van der Waals surface area contributed by atoms with Crippen LogP contribution in [-0.4, -0.2) is 0 Å². The van der Waals surface area contributed by atoms with Crippen LogP contribution < -0.4 is 24.8 Å². The van der Waals surface area contributed by atoms with Crippen LogP contribution >= 0.6 is 43.6 Å². The molecular formula is C30H18Br2Cl2SZr. The van der Waals surface area contributed by atoms with E-state index in [1.165, 1.54) is 47.6 Å². The van der Waals surface area contributed by atoms with Crippen molar-refractivity contribution in [1.82, 2.24) is 0 Å². The van der Waals surface area contributed by atoms with Crippen molar-refractivity contribution in [2.24, 2.45) is 0 Å². The maximum absolute atomic E-state index is 3.80. The predicted molar refractivity (Wildman–Crippen MR) is 145 cm³/mol. The zero-order valence-corrected chi connectivity index (χ0v) is 26.8. The van der Waals surface area contributed by atoms with Crippen LogP contribution in [0.4, 0.5) is 0 Å². The second-order valence-electron chi connectivity index (χ2n) is 8.95. The van der Waals surface area contributed by atoms with Crippen LogP contribution in [0.5, 0.6) is 0 Å². The summed E-state index contributed by atoms with van der Waals surface area (Å²) in [4.78, 5) is 2.68. The van der Waals surface area contributed by atoms with Crippen LogP contribution in [-0.2, 0) is 23.2 Å². The van der Waals surface area contributed by atoms with Gasteiger partial charge in [0.1, 0.15) is 0 Å². The Morgan fingerprint density at radius 2 is 1.31 bits per heavy atom. The summed E-state index contributed by atoms with van der Waals surface area (Å²) in [5.74, 6) is 0.736. The Balaban J connectivity index is 0.00000133. The molecule has 0 aromatic heterocycles. The largest absolute Gasteiger partial charge is 1.00 e. The predicted octanol–water partition coefficient (Wildman–Crippen LogP) is 3.44. The third kappa shape index (κ3) is 4.61. The molecule has 0 saturated heterocycles. The van der Waals surface area contributed by atoms with Crippen LogP contribution in [0.1, 0.15) is 45.2 Å². The van der Waals surface area contributed by atoms with Gasteiger partial charge in [-0.25, -0.2) is 0 Å². The van der Waals surface area contributed by atoms with Crippen molar-refractivity contribution < 1.29 is 48.0 Å². The molecule has 0 saturated carbocycles. The van der Waals surface area contributed by atoms with Crippen LogP contribution in [0.25, 0.3) is 12.2 Å². The number of hydrogen-bond acceptors (Lipinski definition) is 1. The maximum Gasteiger partial charge on any atom is -1.00 e. The van der Waals surface area contributed by atoms with Crippen LogP contribution in [0.3, 0.4) is 0 Å². The fourth-order valence-corrected chi connectivity index (χ4v) is 11.7. The van der Waals surface area contributed by atoms with E-state index < -0.39 is 23.2 Å². The molecule has 8 rings (SSSR count). The first-order valence-corrected chi connectivity index (χ1v) is 16.2. The van der Waals surface area contributed by atoms with Crippen molar-refractivity contribution in [3.05, 3.63) is 134 Å². The Bertz CT molecular complexity index is 1530. The van der Waals surface area contributed by atoms with Gasteiger partial charge in [-0.1, -0.05) is 0 Å². The van der Waals surface area contributed by atoms with E-state index >= 15 is 0 Å². The van der Waals surface area contributed by atoms with E-state index in [4.69, 9.17) is 0 Å². The number of halogens is 4. The van der Waals surface area contributed by atoms with Gasteiger partial charge in [0, 0.05) is 0 Å². The van der Waals surface area contributed by atoms with Crippen LogP contribution in [0, 0.1) is 0 Å². The van der Waals surface area contributed by atoms with Crippen molar-refractivity contribution in [1.29, 1.82) is 0 Å². The zero-order chi connectivity index (χ0) is 22.8. The smallest absolute Gasteiger partial charge is 1.00 e. The minimum Gasteiger partial charge on any atom is -1.00 e. The minimum atomic E-state index is -1.05. The average Bonchev–Trinajstić information content (AvgIpc) is 3.39. The molecule has 6 bridgehead atoms. The molecule has 2 aliphatic carbocycles. The van der Waals surface area contributed by atoms with Crippen molar-refractivity contribution >= 4 is 55.8 Å². The fraction of sp³-hybridized carbons (Fsp3) is 0.0667. The van der Waals surface area contributed by atoms with Gasteiger partial charge < -0.3 is 24.8 Å². The second kappa shape index (κ2) is 10.7. The number of allylic oxidation sites excluding steroid dienone is 2. The molecule has 176 valence electrons. The molecule has 2 heterocycles. The molecule has 0 amide bonds. The van der Waals surface area contributed by atoms with Gasteiger partial charge in [-0.2, -0.15) is 0 Å². The first-order chi connectivity index (χ1) is 16.6. The Morgan fingerprint density at radius 3 is 2.08 bits per heavy atom. The Hall–Kier alpha value is -0.867. The van der Waals surface area contributed by atoms with Gasteiger partial charge in [-0.3, -0.25) is 0 Å². The number of hydrogen-bond donors (Lipinski definition) is 0. The molecule has 4 aromatic rings. The summed E-state index contributed by atoms with van der Waals surface area (Å²) in [5, 5.41) is 0. The van der Waals surface area contributed by atoms with E-state index in [9.17, 15) is 0 Å². The summed E-state index contributed by atoms with van der Waals surface area (Å²) < 4.78 is 5.65. The molecule has 0 spiro atoms. The molecule has 4 aliphatic rings. The van der Waals surface area contributed by atoms with Gasteiger partial charge in [0.15, 0.2) is 0 Å². The third-order valence-electron chi connectivity index (χ3n) is 6.91. The molecule has 36 heavy (non-hydrogen) atoms. The van der Waals surface area contributed by atoms with Crippen LogP contribution in [0.15, 0.2) is 110 Å². The number of rotatable bonds is 3. The molecule has 0 radical (unpaired) electrons. The minimum absolute atomic E-state index is 0. The van der Waals surface area contributed by atoms with E-state index in [1.807, 2.05) is 11.8 Å². The van der Waals surface area contributed by atoms with Crippen molar-refractivity contribution in [2.75, 3.05) is 0 Å². The molecule has 0 fully saturated rings. The normalized spacial score (nSPS) is 17.9. The van der Waals surface area contributed by atoms with E-state index in [0.717, 1.165) is 4.47 Å². The summed E-state index contributed by atoms with van der Waals surface area (Å²) in [5.41, 5.74) is 8.56. The van der Waals surface area contributed by atoms with Gasteiger partial charge in [-0.05, 0) is 0 Å². The summed E-state index contributed by atoms with van der Waals surface area (Å²) in [6, 6.07) is 31.8. The molecule has 2 unspecified atom stereocenters. The van der Waals surface area contributed by atoms with E-state index in [-0.39, 0.29) is 24.8 Å². The Labute approximate surface area is 256 Å². The number of benzene rings is 4. The fourth-order valence-electron chi connectivity index (χ4n) is 5.44. The van der Waals surface area contributed by atoms with Gasteiger partial charge in [0.2, 0.25) is 0 Å². The maximum atomic E-state index is 3.80. The molecule has 6 heteroatoms. The molecule has 2 aliphatic heterocycles. The second-order valence-corrected chi connectivity index (χ2v) is 15.4. The Morgan fingerprint density at radius 1 is 0.639 bits per heavy atom. The molecule has 2 atom stereocenters. The van der Waals surface area contributed by atoms with Crippen molar-refractivity contribution in [3.63, 3.8) is 0 Å². The SMILES string of the molecule is Brc1ccc2c(c1)C(c1ccccc1)[C]([Zr+2][C]1=Cc3c4cc(Br)cc3C1c1ccc(cc1)S4)=C2.[Cl-].[Cl-]. The summed E-state index contributed by atoms with van der Waals surface area (Å²) in [7, 11) is 0. The summed E-state index contributed by atoms with van der Waals surface area (Å²) >= 11 is 8.36. The number of fused-ring (bicyclic) bond motifs is 3. The standard InChI is InChI=1S/C15H8BrS.C15H10Br.2ClH.Zr/c16-10-7-14-12-5-6-13(14)15(8-10)17-11-3-1-9(12)2-4-11;16-13-8-6-12-7-9-14(15(12)10-13)11-4-2-1-3-5-11;;;/h1-4,6-8,12H;1-8,10,14H;2*1H;/q;;;;+2/p-2.